The minimum atomic E-state index is -1.17. The third-order valence-corrected chi connectivity index (χ3v) is 5.03. The first-order chi connectivity index (χ1) is 12.1. The molecule has 0 unspecified atom stereocenters. The molecule has 0 aliphatic heterocycles. The molecule has 0 radical (unpaired) electrons. The van der Waals surface area contributed by atoms with Crippen LogP contribution < -0.4 is 5.32 Å². The highest BCUT2D eigenvalue weighted by atomic mass is 35.5. The number of carbonyl (C=O) groups excluding carboxylic acids is 1. The molecule has 25 heavy (non-hydrogen) atoms. The van der Waals surface area contributed by atoms with Gasteiger partial charge in [0.05, 0.1) is 11.5 Å². The lowest BCUT2D eigenvalue weighted by molar-refractivity contribution is 0.0915. The molecular formula is C18H22ClNO4S. The van der Waals surface area contributed by atoms with E-state index < -0.39 is 10.8 Å². The molecule has 1 aromatic heterocycles. The highest BCUT2D eigenvalue weighted by Crippen LogP contribution is 2.18. The Labute approximate surface area is 155 Å². The van der Waals surface area contributed by atoms with Crippen LogP contribution in [0.5, 0.6) is 0 Å². The van der Waals surface area contributed by atoms with Crippen molar-refractivity contribution in [1.82, 2.24) is 5.32 Å². The average molecular weight is 384 g/mol. The van der Waals surface area contributed by atoms with Crippen molar-refractivity contribution in [3.63, 3.8) is 0 Å². The molecule has 0 aliphatic rings. The molecule has 7 heteroatoms. The molecular weight excluding hydrogens is 362 g/mol. The summed E-state index contributed by atoms with van der Waals surface area (Å²) in [5.74, 6) is 1.05. The number of halogens is 1. The van der Waals surface area contributed by atoms with Gasteiger partial charge in [0.1, 0.15) is 5.76 Å². The highest BCUT2D eigenvalue weighted by Gasteiger charge is 2.13. The van der Waals surface area contributed by atoms with Crippen LogP contribution in [-0.4, -0.2) is 29.9 Å². The molecule has 1 aromatic carbocycles. The smallest absolute Gasteiger partial charge is 0.286 e. The van der Waals surface area contributed by atoms with Gasteiger partial charge in [-0.05, 0) is 37.1 Å². The molecule has 2 aromatic rings. The zero-order valence-electron chi connectivity index (χ0n) is 14.1. The van der Waals surface area contributed by atoms with E-state index in [0.29, 0.717) is 36.3 Å². The monoisotopic (exact) mass is 383 g/mol. The van der Waals surface area contributed by atoms with E-state index in [1.54, 1.807) is 18.2 Å². The van der Waals surface area contributed by atoms with Crippen LogP contribution in [0.1, 0.15) is 35.2 Å². The van der Waals surface area contributed by atoms with Gasteiger partial charge >= 0.3 is 0 Å². The topological polar surface area (TPSA) is 68.5 Å². The Morgan fingerprint density at radius 3 is 2.80 bits per heavy atom. The summed E-state index contributed by atoms with van der Waals surface area (Å²) >= 11 is 6.08. The second-order valence-electron chi connectivity index (χ2n) is 5.39. The Morgan fingerprint density at radius 2 is 2.04 bits per heavy atom. The van der Waals surface area contributed by atoms with Gasteiger partial charge in [0, 0.05) is 35.6 Å². The number of ether oxygens (including phenoxy) is 1. The lowest BCUT2D eigenvalue weighted by atomic mass is 10.2. The van der Waals surface area contributed by atoms with E-state index in [9.17, 15) is 9.00 Å². The van der Waals surface area contributed by atoms with Gasteiger partial charge in [-0.2, -0.15) is 0 Å². The largest absolute Gasteiger partial charge is 0.455 e. The van der Waals surface area contributed by atoms with Crippen LogP contribution in [0.2, 0.25) is 5.02 Å². The summed E-state index contributed by atoms with van der Waals surface area (Å²) in [5, 5.41) is 3.37. The van der Waals surface area contributed by atoms with Crippen molar-refractivity contribution in [2.24, 2.45) is 0 Å². The molecule has 1 atom stereocenters. The Balaban J connectivity index is 1.81. The van der Waals surface area contributed by atoms with Crippen LogP contribution >= 0.6 is 11.6 Å². The highest BCUT2D eigenvalue weighted by molar-refractivity contribution is 7.83. The molecule has 136 valence electrons. The van der Waals surface area contributed by atoms with Gasteiger partial charge in [0.25, 0.3) is 5.91 Å². The van der Waals surface area contributed by atoms with Gasteiger partial charge in [0.15, 0.2) is 5.76 Å². The van der Waals surface area contributed by atoms with E-state index in [1.165, 1.54) is 0 Å². The van der Waals surface area contributed by atoms with Crippen LogP contribution in [0.25, 0.3) is 0 Å². The summed E-state index contributed by atoms with van der Waals surface area (Å²) in [4.78, 5) is 12.0. The first-order valence-corrected chi connectivity index (χ1v) is 9.99. The summed E-state index contributed by atoms with van der Waals surface area (Å²) < 4.78 is 23.0. The van der Waals surface area contributed by atoms with Gasteiger partial charge in [-0.25, -0.2) is 0 Å². The van der Waals surface area contributed by atoms with Crippen molar-refractivity contribution in [2.45, 2.75) is 24.9 Å². The number of hydrogen-bond acceptors (Lipinski definition) is 4. The standard InChI is InChI=1S/C18H22ClNO4S/c1-2-23-11-5-10-20-18(21)17-9-8-15(24-17)13-25(22)12-14-6-3-4-7-16(14)19/h3-4,6-9H,2,5,10-13H2,1H3,(H,20,21)/t25-/m0/s1. The fourth-order valence-electron chi connectivity index (χ4n) is 2.18. The van der Waals surface area contributed by atoms with Gasteiger partial charge in [-0.15, -0.1) is 0 Å². The number of nitrogens with one attached hydrogen (secondary N) is 1. The molecule has 2 rings (SSSR count). The fourth-order valence-corrected chi connectivity index (χ4v) is 3.64. The molecule has 0 bridgehead atoms. The van der Waals surface area contributed by atoms with Crippen molar-refractivity contribution in [1.29, 1.82) is 0 Å². The number of carbonyl (C=O) groups is 1. The molecule has 0 aliphatic carbocycles. The molecule has 0 fully saturated rings. The van der Waals surface area contributed by atoms with E-state index in [4.69, 9.17) is 20.8 Å². The van der Waals surface area contributed by atoms with Crippen molar-refractivity contribution in [2.75, 3.05) is 19.8 Å². The second-order valence-corrected chi connectivity index (χ2v) is 7.26. The van der Waals surface area contributed by atoms with E-state index in [-0.39, 0.29) is 17.4 Å². The van der Waals surface area contributed by atoms with Gasteiger partial charge in [-0.1, -0.05) is 29.8 Å². The van der Waals surface area contributed by atoms with E-state index in [0.717, 1.165) is 12.0 Å². The first-order valence-electron chi connectivity index (χ1n) is 8.13. The summed E-state index contributed by atoms with van der Waals surface area (Å²) in [6, 6.07) is 10.6. The van der Waals surface area contributed by atoms with Crippen LogP contribution in [0, 0.1) is 0 Å². The fraction of sp³-hybridized carbons (Fsp3) is 0.389. The number of furan rings is 1. The van der Waals surface area contributed by atoms with Crippen molar-refractivity contribution in [3.8, 4) is 0 Å². The van der Waals surface area contributed by atoms with Crippen LogP contribution in [0.3, 0.4) is 0 Å². The summed E-state index contributed by atoms with van der Waals surface area (Å²) in [5.41, 5.74) is 0.835. The minimum Gasteiger partial charge on any atom is -0.455 e. The second kappa shape index (κ2) is 10.4. The van der Waals surface area contributed by atoms with Gasteiger partial charge in [-0.3, -0.25) is 9.00 Å². The molecule has 1 heterocycles. The quantitative estimate of drug-likeness (QED) is 0.637. The predicted octanol–water partition coefficient (Wildman–Crippen LogP) is 3.54. The van der Waals surface area contributed by atoms with E-state index in [2.05, 4.69) is 5.32 Å². The molecule has 0 saturated heterocycles. The maximum absolute atomic E-state index is 12.3. The van der Waals surface area contributed by atoms with Crippen molar-refractivity contribution < 1.29 is 18.2 Å². The molecule has 0 saturated carbocycles. The summed E-state index contributed by atoms with van der Waals surface area (Å²) in [7, 11) is -1.17. The number of hydrogen-bond donors (Lipinski definition) is 1. The maximum atomic E-state index is 12.3. The lowest BCUT2D eigenvalue weighted by Crippen LogP contribution is -2.24. The lowest BCUT2D eigenvalue weighted by Gasteiger charge is -2.04. The molecule has 1 amide bonds. The van der Waals surface area contributed by atoms with Gasteiger partial charge in [0.2, 0.25) is 0 Å². The van der Waals surface area contributed by atoms with Crippen LogP contribution in [-0.2, 0) is 27.0 Å². The Bertz CT molecular complexity index is 717. The third kappa shape index (κ3) is 6.65. The normalized spacial score (nSPS) is 12.1. The van der Waals surface area contributed by atoms with E-state index >= 15 is 0 Å². The maximum Gasteiger partial charge on any atom is 0.286 e. The Hall–Kier alpha value is -1.63. The number of rotatable bonds is 10. The number of amides is 1. The Morgan fingerprint density at radius 1 is 1.24 bits per heavy atom. The Kier molecular flexibility index (Phi) is 8.18. The summed E-state index contributed by atoms with van der Waals surface area (Å²) in [6.07, 6.45) is 0.745. The van der Waals surface area contributed by atoms with Crippen LogP contribution in [0.4, 0.5) is 0 Å². The molecule has 5 nitrogen and oxygen atoms in total. The predicted molar refractivity (Wildman–Crippen MR) is 99.2 cm³/mol. The van der Waals surface area contributed by atoms with Crippen molar-refractivity contribution >= 4 is 28.3 Å². The summed E-state index contributed by atoms with van der Waals surface area (Å²) in [6.45, 7) is 3.73. The zero-order chi connectivity index (χ0) is 18.1. The van der Waals surface area contributed by atoms with Gasteiger partial charge < -0.3 is 14.5 Å². The SMILES string of the molecule is CCOCCCNC(=O)c1ccc(C[S@@](=O)Cc2ccccc2Cl)o1. The minimum absolute atomic E-state index is 0.223. The van der Waals surface area contributed by atoms with E-state index in [1.807, 2.05) is 25.1 Å². The van der Waals surface area contributed by atoms with Crippen LogP contribution in [0.15, 0.2) is 40.8 Å². The number of benzene rings is 1. The molecule has 0 spiro atoms. The third-order valence-electron chi connectivity index (χ3n) is 3.42. The molecule has 1 N–H and O–H groups in total. The first kappa shape index (κ1) is 19.7. The average Bonchev–Trinajstić information content (AvgIpc) is 3.05. The van der Waals surface area contributed by atoms with Crippen molar-refractivity contribution in [3.05, 3.63) is 58.5 Å². The zero-order valence-corrected chi connectivity index (χ0v) is 15.7.